The maximum absolute atomic E-state index is 13.3. The molecule has 1 amide bonds. The van der Waals surface area contributed by atoms with Crippen LogP contribution in [0.3, 0.4) is 0 Å². The van der Waals surface area contributed by atoms with Crippen molar-refractivity contribution in [1.29, 1.82) is 0 Å². The van der Waals surface area contributed by atoms with Gasteiger partial charge in [-0.05, 0) is 48.7 Å². The molecular formula is C24H22N4O. The zero-order valence-electron chi connectivity index (χ0n) is 16.1. The number of amides is 1. The topological polar surface area (TPSA) is 59.0 Å². The van der Waals surface area contributed by atoms with E-state index in [1.807, 2.05) is 59.5 Å². The standard InChI is InChI=1S/C24H22N4O/c29-24(20-11-12-22-23(17-20)27-15-14-26-22)28(18-21-10-4-5-13-25-21)16-6-9-19-7-2-1-3-8-19/h1-5,7-8,10-15,17H,6,9,16,18H2. The van der Waals surface area contributed by atoms with Crippen LogP contribution in [0.1, 0.15) is 28.0 Å². The van der Waals surface area contributed by atoms with Crippen molar-refractivity contribution in [1.82, 2.24) is 19.9 Å². The van der Waals surface area contributed by atoms with Crippen molar-refractivity contribution in [3.63, 3.8) is 0 Å². The van der Waals surface area contributed by atoms with E-state index < -0.39 is 0 Å². The molecule has 2 heterocycles. The van der Waals surface area contributed by atoms with Gasteiger partial charge in [0.25, 0.3) is 5.91 Å². The van der Waals surface area contributed by atoms with Gasteiger partial charge >= 0.3 is 0 Å². The molecule has 0 radical (unpaired) electrons. The van der Waals surface area contributed by atoms with E-state index in [2.05, 4.69) is 27.1 Å². The molecule has 29 heavy (non-hydrogen) atoms. The fourth-order valence-corrected chi connectivity index (χ4v) is 3.34. The van der Waals surface area contributed by atoms with Crippen molar-refractivity contribution in [2.24, 2.45) is 0 Å². The number of pyridine rings is 1. The van der Waals surface area contributed by atoms with E-state index in [1.54, 1.807) is 18.6 Å². The lowest BCUT2D eigenvalue weighted by molar-refractivity contribution is 0.0739. The fourth-order valence-electron chi connectivity index (χ4n) is 3.34. The van der Waals surface area contributed by atoms with Crippen LogP contribution in [0, 0.1) is 0 Å². The predicted octanol–water partition coefficient (Wildman–Crippen LogP) is 4.30. The first-order chi connectivity index (χ1) is 14.3. The summed E-state index contributed by atoms with van der Waals surface area (Å²) in [5.74, 6) is -0.0173. The Labute approximate surface area is 170 Å². The molecule has 0 aliphatic carbocycles. The number of fused-ring (bicyclic) bond motifs is 1. The number of carbonyl (C=O) groups excluding carboxylic acids is 1. The molecule has 0 atom stereocenters. The Morgan fingerprint density at radius 2 is 1.59 bits per heavy atom. The van der Waals surface area contributed by atoms with Crippen LogP contribution in [0.25, 0.3) is 11.0 Å². The summed E-state index contributed by atoms with van der Waals surface area (Å²) in [5, 5.41) is 0. The van der Waals surface area contributed by atoms with Crippen molar-refractivity contribution in [3.8, 4) is 0 Å². The van der Waals surface area contributed by atoms with Crippen LogP contribution in [-0.2, 0) is 13.0 Å². The van der Waals surface area contributed by atoms with Gasteiger partial charge in [0.15, 0.2) is 0 Å². The molecule has 0 saturated carbocycles. The molecular weight excluding hydrogens is 360 g/mol. The summed E-state index contributed by atoms with van der Waals surface area (Å²) < 4.78 is 0. The van der Waals surface area contributed by atoms with Gasteiger partial charge in [0.05, 0.1) is 23.3 Å². The molecule has 0 N–H and O–H groups in total. The zero-order chi connectivity index (χ0) is 19.9. The van der Waals surface area contributed by atoms with E-state index in [0.29, 0.717) is 18.7 Å². The van der Waals surface area contributed by atoms with E-state index in [0.717, 1.165) is 29.6 Å². The monoisotopic (exact) mass is 382 g/mol. The summed E-state index contributed by atoms with van der Waals surface area (Å²) in [6.07, 6.45) is 6.86. The molecule has 4 rings (SSSR count). The molecule has 2 aromatic carbocycles. The maximum Gasteiger partial charge on any atom is 0.254 e. The van der Waals surface area contributed by atoms with Crippen molar-refractivity contribution in [2.45, 2.75) is 19.4 Å². The van der Waals surface area contributed by atoms with Crippen molar-refractivity contribution in [3.05, 3.63) is 102 Å². The normalized spacial score (nSPS) is 10.8. The van der Waals surface area contributed by atoms with Crippen LogP contribution in [0.4, 0.5) is 0 Å². The van der Waals surface area contributed by atoms with Crippen molar-refractivity contribution < 1.29 is 4.79 Å². The quantitative estimate of drug-likeness (QED) is 0.478. The molecule has 5 nitrogen and oxygen atoms in total. The van der Waals surface area contributed by atoms with Crippen molar-refractivity contribution >= 4 is 16.9 Å². The second kappa shape index (κ2) is 9.06. The molecule has 5 heteroatoms. The molecule has 0 spiro atoms. The maximum atomic E-state index is 13.3. The van der Waals surface area contributed by atoms with Crippen molar-refractivity contribution in [2.75, 3.05) is 6.54 Å². The number of rotatable bonds is 7. The van der Waals surface area contributed by atoms with Gasteiger partial charge in [-0.1, -0.05) is 36.4 Å². The van der Waals surface area contributed by atoms with E-state index in [1.165, 1.54) is 5.56 Å². The van der Waals surface area contributed by atoms with Crippen LogP contribution >= 0.6 is 0 Å². The minimum absolute atomic E-state index is 0.0173. The zero-order valence-corrected chi connectivity index (χ0v) is 16.1. The second-order valence-electron chi connectivity index (χ2n) is 6.90. The number of nitrogens with zero attached hydrogens (tertiary/aromatic N) is 4. The van der Waals surface area contributed by atoms with Crippen LogP contribution in [0.5, 0.6) is 0 Å². The molecule has 4 aromatic rings. The third-order valence-corrected chi connectivity index (χ3v) is 4.82. The molecule has 2 aromatic heterocycles. The van der Waals surface area contributed by atoms with Gasteiger partial charge in [-0.2, -0.15) is 0 Å². The van der Waals surface area contributed by atoms with Crippen LogP contribution < -0.4 is 0 Å². The average molecular weight is 382 g/mol. The SMILES string of the molecule is O=C(c1ccc2nccnc2c1)N(CCCc1ccccc1)Cc1ccccn1. The highest BCUT2D eigenvalue weighted by atomic mass is 16.2. The Morgan fingerprint density at radius 3 is 2.38 bits per heavy atom. The first-order valence-electron chi connectivity index (χ1n) is 9.73. The van der Waals surface area contributed by atoms with Gasteiger partial charge in [0, 0.05) is 30.7 Å². The smallest absolute Gasteiger partial charge is 0.254 e. The lowest BCUT2D eigenvalue weighted by Gasteiger charge is -2.23. The molecule has 0 saturated heterocycles. The van der Waals surface area contributed by atoms with Gasteiger partial charge in [0.2, 0.25) is 0 Å². The predicted molar refractivity (Wildman–Crippen MR) is 113 cm³/mol. The van der Waals surface area contributed by atoms with E-state index in [-0.39, 0.29) is 5.91 Å². The Balaban J connectivity index is 1.53. The molecule has 0 aliphatic heterocycles. The van der Waals surface area contributed by atoms with Gasteiger partial charge in [-0.3, -0.25) is 19.7 Å². The van der Waals surface area contributed by atoms with Gasteiger partial charge in [-0.15, -0.1) is 0 Å². The summed E-state index contributed by atoms with van der Waals surface area (Å²) in [5.41, 5.74) is 4.28. The van der Waals surface area contributed by atoms with E-state index >= 15 is 0 Å². The number of hydrogen-bond donors (Lipinski definition) is 0. The average Bonchev–Trinajstić information content (AvgIpc) is 2.79. The number of hydrogen-bond acceptors (Lipinski definition) is 4. The first-order valence-corrected chi connectivity index (χ1v) is 9.73. The number of benzene rings is 2. The van der Waals surface area contributed by atoms with Gasteiger partial charge < -0.3 is 4.90 Å². The Kier molecular flexibility index (Phi) is 5.86. The lowest BCUT2D eigenvalue weighted by Crippen LogP contribution is -2.32. The van der Waals surface area contributed by atoms with Crippen LogP contribution in [0.15, 0.2) is 85.3 Å². The number of carbonyl (C=O) groups is 1. The van der Waals surface area contributed by atoms with E-state index in [9.17, 15) is 4.79 Å². The Hall–Kier alpha value is -3.60. The number of aryl methyl sites for hydroxylation is 1. The van der Waals surface area contributed by atoms with Crippen LogP contribution in [0.2, 0.25) is 0 Å². The summed E-state index contributed by atoms with van der Waals surface area (Å²) in [6, 6.07) is 21.6. The first kappa shape index (κ1) is 18.7. The largest absolute Gasteiger partial charge is 0.333 e. The minimum Gasteiger partial charge on any atom is -0.333 e. The molecule has 144 valence electrons. The Bertz CT molecular complexity index is 1080. The van der Waals surface area contributed by atoms with Gasteiger partial charge in [0.1, 0.15) is 0 Å². The third-order valence-electron chi connectivity index (χ3n) is 4.82. The molecule has 0 bridgehead atoms. The number of aromatic nitrogens is 3. The third kappa shape index (κ3) is 4.82. The highest BCUT2D eigenvalue weighted by molar-refractivity contribution is 5.97. The Morgan fingerprint density at radius 1 is 0.793 bits per heavy atom. The second-order valence-corrected chi connectivity index (χ2v) is 6.90. The molecule has 0 aliphatic rings. The summed E-state index contributed by atoms with van der Waals surface area (Å²) in [7, 11) is 0. The fraction of sp³-hybridized carbons (Fsp3) is 0.167. The summed E-state index contributed by atoms with van der Waals surface area (Å²) in [4.78, 5) is 28.1. The van der Waals surface area contributed by atoms with E-state index in [4.69, 9.17) is 0 Å². The molecule has 0 fully saturated rings. The lowest BCUT2D eigenvalue weighted by atomic mass is 10.1. The summed E-state index contributed by atoms with van der Waals surface area (Å²) in [6.45, 7) is 1.13. The minimum atomic E-state index is -0.0173. The highest BCUT2D eigenvalue weighted by Gasteiger charge is 2.17. The van der Waals surface area contributed by atoms with Crippen LogP contribution in [-0.4, -0.2) is 32.3 Å². The summed E-state index contributed by atoms with van der Waals surface area (Å²) >= 11 is 0. The molecule has 0 unspecified atom stereocenters. The highest BCUT2D eigenvalue weighted by Crippen LogP contribution is 2.15. The van der Waals surface area contributed by atoms with Gasteiger partial charge in [-0.25, -0.2) is 0 Å².